The van der Waals surface area contributed by atoms with Gasteiger partial charge < -0.3 is 5.32 Å². The third-order valence-corrected chi connectivity index (χ3v) is 3.55. The van der Waals surface area contributed by atoms with Crippen LogP contribution in [-0.4, -0.2) is 12.6 Å². The van der Waals surface area contributed by atoms with Crippen molar-refractivity contribution in [3.63, 3.8) is 0 Å². The number of hydrogen-bond acceptors (Lipinski definition) is 1. The molecular weight excluding hydrogens is 170 g/mol. The maximum absolute atomic E-state index is 3.58. The lowest BCUT2D eigenvalue weighted by Gasteiger charge is -2.16. The topological polar surface area (TPSA) is 12.0 Å². The Morgan fingerprint density at radius 2 is 2.07 bits per heavy atom. The number of hydrogen-bond donors (Lipinski definition) is 1. The molecule has 3 unspecified atom stereocenters. The molecule has 1 nitrogen and oxygen atoms in total. The molecule has 0 heterocycles. The average molecular weight is 197 g/mol. The first kappa shape index (κ1) is 12.0. The summed E-state index contributed by atoms with van der Waals surface area (Å²) in [5.41, 5.74) is 0. The molecule has 0 amide bonds. The van der Waals surface area contributed by atoms with E-state index >= 15 is 0 Å². The van der Waals surface area contributed by atoms with E-state index in [1.165, 1.54) is 38.5 Å². The second-order valence-electron chi connectivity index (χ2n) is 5.06. The van der Waals surface area contributed by atoms with Gasteiger partial charge in [-0.2, -0.15) is 0 Å². The van der Waals surface area contributed by atoms with Crippen LogP contribution in [0, 0.1) is 11.8 Å². The van der Waals surface area contributed by atoms with E-state index in [1.54, 1.807) is 0 Å². The molecule has 1 heteroatoms. The minimum Gasteiger partial charge on any atom is -0.314 e. The van der Waals surface area contributed by atoms with E-state index in [9.17, 15) is 0 Å². The first-order chi connectivity index (χ1) is 6.76. The lowest BCUT2D eigenvalue weighted by molar-refractivity contribution is 0.369. The van der Waals surface area contributed by atoms with Gasteiger partial charge in [-0.05, 0) is 44.1 Å². The maximum atomic E-state index is 3.58. The lowest BCUT2D eigenvalue weighted by Crippen LogP contribution is -2.25. The minimum absolute atomic E-state index is 0.832. The highest BCUT2D eigenvalue weighted by Crippen LogP contribution is 2.31. The molecule has 0 spiro atoms. The van der Waals surface area contributed by atoms with Gasteiger partial charge in [0.15, 0.2) is 0 Å². The van der Waals surface area contributed by atoms with Crippen LogP contribution in [0.4, 0.5) is 0 Å². The lowest BCUT2D eigenvalue weighted by atomic mass is 9.91. The van der Waals surface area contributed by atoms with Crippen molar-refractivity contribution in [3.8, 4) is 0 Å². The van der Waals surface area contributed by atoms with Crippen LogP contribution in [0.25, 0.3) is 0 Å². The monoisotopic (exact) mass is 197 g/mol. The predicted octanol–water partition coefficient (Wildman–Crippen LogP) is 3.59. The van der Waals surface area contributed by atoms with Gasteiger partial charge in [0, 0.05) is 6.04 Å². The molecule has 0 bridgehead atoms. The molecule has 84 valence electrons. The smallest absolute Gasteiger partial charge is 0.00696 e. The zero-order valence-electron chi connectivity index (χ0n) is 10.2. The van der Waals surface area contributed by atoms with Crippen molar-refractivity contribution in [1.29, 1.82) is 0 Å². The van der Waals surface area contributed by atoms with Crippen molar-refractivity contribution in [2.24, 2.45) is 11.8 Å². The fourth-order valence-electron chi connectivity index (χ4n) is 2.94. The summed E-state index contributed by atoms with van der Waals surface area (Å²) in [4.78, 5) is 0. The van der Waals surface area contributed by atoms with Gasteiger partial charge in [0.25, 0.3) is 0 Å². The molecule has 0 aromatic carbocycles. The van der Waals surface area contributed by atoms with Crippen molar-refractivity contribution in [2.75, 3.05) is 6.54 Å². The molecule has 0 radical (unpaired) electrons. The molecule has 0 aliphatic heterocycles. The molecule has 3 atom stereocenters. The molecule has 1 saturated carbocycles. The minimum atomic E-state index is 0.832. The van der Waals surface area contributed by atoms with Crippen molar-refractivity contribution in [3.05, 3.63) is 0 Å². The van der Waals surface area contributed by atoms with E-state index in [0.717, 1.165) is 24.4 Å². The summed E-state index contributed by atoms with van der Waals surface area (Å²) < 4.78 is 0. The summed E-state index contributed by atoms with van der Waals surface area (Å²) in [6.45, 7) is 8.08. The van der Waals surface area contributed by atoms with Gasteiger partial charge in [-0.15, -0.1) is 0 Å². The summed E-state index contributed by atoms with van der Waals surface area (Å²) in [6.07, 6.45) is 8.55. The van der Waals surface area contributed by atoms with Gasteiger partial charge in [0.1, 0.15) is 0 Å². The van der Waals surface area contributed by atoms with E-state index in [0.29, 0.717) is 0 Å². The third kappa shape index (κ3) is 4.00. The van der Waals surface area contributed by atoms with Crippen LogP contribution in [0.2, 0.25) is 0 Å². The number of rotatable bonds is 6. The first-order valence-electron chi connectivity index (χ1n) is 6.49. The molecular formula is C13H27N. The normalized spacial score (nSPS) is 29.4. The third-order valence-electron chi connectivity index (χ3n) is 3.55. The zero-order valence-corrected chi connectivity index (χ0v) is 10.2. The van der Waals surface area contributed by atoms with E-state index in [2.05, 4.69) is 26.1 Å². The summed E-state index contributed by atoms with van der Waals surface area (Å²) in [6, 6.07) is 0.832. The predicted molar refractivity (Wildman–Crippen MR) is 63.5 cm³/mol. The standard InChI is InChI=1S/C13H27N/c1-4-6-11(3)9-12-7-8-13(10-12)14-5-2/h11-14H,4-10H2,1-3H3. The Morgan fingerprint density at radius 3 is 2.71 bits per heavy atom. The summed E-state index contributed by atoms with van der Waals surface area (Å²) >= 11 is 0. The first-order valence-corrected chi connectivity index (χ1v) is 6.49. The van der Waals surface area contributed by atoms with E-state index in [1.807, 2.05) is 0 Å². The van der Waals surface area contributed by atoms with Crippen LogP contribution >= 0.6 is 0 Å². The highest BCUT2D eigenvalue weighted by Gasteiger charge is 2.24. The summed E-state index contributed by atoms with van der Waals surface area (Å²) in [7, 11) is 0. The van der Waals surface area contributed by atoms with E-state index in [-0.39, 0.29) is 0 Å². The summed E-state index contributed by atoms with van der Waals surface area (Å²) in [5, 5.41) is 3.58. The molecule has 1 aliphatic rings. The van der Waals surface area contributed by atoms with Crippen molar-refractivity contribution < 1.29 is 0 Å². The fraction of sp³-hybridized carbons (Fsp3) is 1.00. The van der Waals surface area contributed by atoms with Crippen molar-refractivity contribution in [2.45, 2.75) is 65.3 Å². The van der Waals surface area contributed by atoms with Crippen LogP contribution in [0.5, 0.6) is 0 Å². The Bertz CT molecular complexity index is 144. The average Bonchev–Trinajstić information content (AvgIpc) is 2.53. The van der Waals surface area contributed by atoms with Crippen LogP contribution in [0.1, 0.15) is 59.3 Å². The molecule has 0 aromatic heterocycles. The largest absolute Gasteiger partial charge is 0.314 e. The zero-order chi connectivity index (χ0) is 10.4. The molecule has 0 saturated heterocycles. The van der Waals surface area contributed by atoms with Gasteiger partial charge in [0.05, 0.1) is 0 Å². The molecule has 14 heavy (non-hydrogen) atoms. The van der Waals surface area contributed by atoms with Crippen LogP contribution in [-0.2, 0) is 0 Å². The molecule has 1 N–H and O–H groups in total. The van der Waals surface area contributed by atoms with Gasteiger partial charge in [0.2, 0.25) is 0 Å². The van der Waals surface area contributed by atoms with Crippen molar-refractivity contribution >= 4 is 0 Å². The highest BCUT2D eigenvalue weighted by atomic mass is 14.9. The second-order valence-corrected chi connectivity index (χ2v) is 5.06. The SMILES string of the molecule is CCCC(C)CC1CCC(NCC)C1. The molecule has 1 fully saturated rings. The molecule has 1 aliphatic carbocycles. The maximum Gasteiger partial charge on any atom is 0.00696 e. The van der Waals surface area contributed by atoms with Crippen molar-refractivity contribution in [1.82, 2.24) is 5.32 Å². The van der Waals surface area contributed by atoms with Gasteiger partial charge >= 0.3 is 0 Å². The van der Waals surface area contributed by atoms with Crippen LogP contribution < -0.4 is 5.32 Å². The second kappa shape index (κ2) is 6.44. The van der Waals surface area contributed by atoms with Gasteiger partial charge in [-0.25, -0.2) is 0 Å². The van der Waals surface area contributed by atoms with E-state index < -0.39 is 0 Å². The van der Waals surface area contributed by atoms with Gasteiger partial charge in [-0.1, -0.05) is 33.6 Å². The Kier molecular flexibility index (Phi) is 5.54. The Morgan fingerprint density at radius 1 is 1.29 bits per heavy atom. The Labute approximate surface area is 89.7 Å². The van der Waals surface area contributed by atoms with Crippen LogP contribution in [0.3, 0.4) is 0 Å². The van der Waals surface area contributed by atoms with Crippen LogP contribution in [0.15, 0.2) is 0 Å². The highest BCUT2D eigenvalue weighted by molar-refractivity contribution is 4.81. The molecule has 0 aromatic rings. The Hall–Kier alpha value is -0.0400. The molecule has 1 rings (SSSR count). The Balaban J connectivity index is 2.15. The summed E-state index contributed by atoms with van der Waals surface area (Å²) in [5.74, 6) is 1.96. The quantitative estimate of drug-likeness (QED) is 0.686. The number of nitrogens with one attached hydrogen (secondary N) is 1. The van der Waals surface area contributed by atoms with E-state index in [4.69, 9.17) is 0 Å². The van der Waals surface area contributed by atoms with Gasteiger partial charge in [-0.3, -0.25) is 0 Å². The fourth-order valence-corrected chi connectivity index (χ4v) is 2.94.